The van der Waals surface area contributed by atoms with Crippen molar-refractivity contribution in [1.82, 2.24) is 0 Å². The van der Waals surface area contributed by atoms with Gasteiger partial charge in [0.1, 0.15) is 16.9 Å². The first-order valence-corrected chi connectivity index (χ1v) is 9.50. The van der Waals surface area contributed by atoms with E-state index in [1.165, 1.54) is 26.2 Å². The van der Waals surface area contributed by atoms with Crippen molar-refractivity contribution in [1.29, 1.82) is 0 Å². The second-order valence-corrected chi connectivity index (χ2v) is 7.23. The number of primary amides is 1. The highest BCUT2D eigenvalue weighted by Crippen LogP contribution is 2.30. The van der Waals surface area contributed by atoms with Gasteiger partial charge in [-0.15, -0.1) is 11.8 Å². The summed E-state index contributed by atoms with van der Waals surface area (Å²) in [5.41, 5.74) is 5.18. The van der Waals surface area contributed by atoms with E-state index in [0.29, 0.717) is 5.25 Å². The van der Waals surface area contributed by atoms with Crippen LogP contribution in [0.5, 0.6) is 0 Å². The van der Waals surface area contributed by atoms with Gasteiger partial charge in [0.15, 0.2) is 0 Å². The van der Waals surface area contributed by atoms with Crippen LogP contribution in [-0.4, -0.2) is 35.4 Å². The van der Waals surface area contributed by atoms with Crippen LogP contribution in [0.15, 0.2) is 4.42 Å². The molecule has 7 nitrogen and oxygen atoms in total. The fourth-order valence-corrected chi connectivity index (χ4v) is 4.03. The van der Waals surface area contributed by atoms with Gasteiger partial charge in [-0.05, 0) is 26.7 Å². The van der Waals surface area contributed by atoms with Gasteiger partial charge in [0.25, 0.3) is 5.91 Å². The van der Waals surface area contributed by atoms with Crippen LogP contribution in [0.25, 0.3) is 0 Å². The molecule has 1 heterocycles. The Kier molecular flexibility index (Phi) is 6.92. The quantitative estimate of drug-likeness (QED) is 0.716. The van der Waals surface area contributed by atoms with Crippen LogP contribution in [0.3, 0.4) is 0 Å². The molecule has 1 aliphatic rings. The van der Waals surface area contributed by atoms with Crippen LogP contribution in [0.1, 0.15) is 65.5 Å². The van der Waals surface area contributed by atoms with Crippen molar-refractivity contribution in [2.75, 3.05) is 17.7 Å². The molecule has 1 fully saturated rings. The molecule has 1 aromatic rings. The van der Waals surface area contributed by atoms with Crippen LogP contribution in [0.2, 0.25) is 0 Å². The molecule has 25 heavy (non-hydrogen) atoms. The Morgan fingerprint density at radius 3 is 2.52 bits per heavy atom. The molecule has 1 aromatic heterocycles. The lowest BCUT2D eigenvalue weighted by molar-refractivity contribution is -0.113. The van der Waals surface area contributed by atoms with Crippen LogP contribution < -0.4 is 11.1 Å². The molecule has 2 rings (SSSR count). The number of amides is 2. The fraction of sp³-hybridized carbons (Fsp3) is 0.588. The van der Waals surface area contributed by atoms with E-state index in [1.807, 2.05) is 0 Å². The summed E-state index contributed by atoms with van der Waals surface area (Å²) in [6.07, 6.45) is 5.90. The predicted octanol–water partition coefficient (Wildman–Crippen LogP) is 2.87. The number of thioether (sulfide) groups is 1. The van der Waals surface area contributed by atoms with Crippen molar-refractivity contribution >= 4 is 35.4 Å². The fourth-order valence-electron chi connectivity index (χ4n) is 2.90. The first-order valence-electron chi connectivity index (χ1n) is 8.45. The van der Waals surface area contributed by atoms with Crippen molar-refractivity contribution in [2.45, 2.75) is 51.2 Å². The topological polar surface area (TPSA) is 112 Å². The molecular weight excluding hydrogens is 344 g/mol. The number of carbonyl (C=O) groups excluding carboxylic acids is 3. The minimum absolute atomic E-state index is 0.0374. The Balaban J connectivity index is 2.07. The first kappa shape index (κ1) is 19.4. The first-order chi connectivity index (χ1) is 11.9. The lowest BCUT2D eigenvalue weighted by Gasteiger charge is -2.20. The number of nitrogens with one attached hydrogen (secondary N) is 1. The van der Waals surface area contributed by atoms with Gasteiger partial charge < -0.3 is 14.9 Å². The average Bonchev–Trinajstić information content (AvgIpc) is 2.90. The number of ether oxygens (including phenoxy) is 1. The van der Waals surface area contributed by atoms with E-state index >= 15 is 0 Å². The Hall–Kier alpha value is -1.96. The standard InChI is InChI=1S/C17H24N2O5S/c1-3-23-17(22)13-10(2)24-16(14(13)15(18)21)19-12(20)9-25-11-7-5-4-6-8-11/h11H,3-9H2,1-2H3,(H2,18,21)(H,19,20). The highest BCUT2D eigenvalue weighted by atomic mass is 32.2. The zero-order valence-electron chi connectivity index (χ0n) is 14.6. The molecule has 0 unspecified atom stereocenters. The summed E-state index contributed by atoms with van der Waals surface area (Å²) in [4.78, 5) is 36.0. The molecule has 0 spiro atoms. The molecule has 0 aliphatic heterocycles. The third kappa shape index (κ3) is 5.01. The number of furan rings is 1. The predicted molar refractivity (Wildman–Crippen MR) is 95.9 cm³/mol. The summed E-state index contributed by atoms with van der Waals surface area (Å²) >= 11 is 1.60. The number of hydrogen-bond donors (Lipinski definition) is 2. The van der Waals surface area contributed by atoms with E-state index < -0.39 is 11.9 Å². The third-order valence-electron chi connectivity index (χ3n) is 4.07. The van der Waals surface area contributed by atoms with Gasteiger partial charge >= 0.3 is 5.97 Å². The number of esters is 1. The van der Waals surface area contributed by atoms with Crippen LogP contribution in [-0.2, 0) is 9.53 Å². The lowest BCUT2D eigenvalue weighted by atomic mass is 10.0. The normalized spacial score (nSPS) is 15.0. The van der Waals surface area contributed by atoms with Gasteiger partial charge in [-0.25, -0.2) is 4.79 Å². The summed E-state index contributed by atoms with van der Waals surface area (Å²) in [6.45, 7) is 3.33. The monoisotopic (exact) mass is 368 g/mol. The average molecular weight is 368 g/mol. The molecule has 0 aromatic carbocycles. The van der Waals surface area contributed by atoms with Gasteiger partial charge in [-0.3, -0.25) is 14.9 Å². The van der Waals surface area contributed by atoms with Crippen molar-refractivity contribution in [2.24, 2.45) is 5.73 Å². The largest absolute Gasteiger partial charge is 0.462 e. The highest BCUT2D eigenvalue weighted by molar-refractivity contribution is 8.00. The summed E-state index contributed by atoms with van der Waals surface area (Å²) in [7, 11) is 0. The Morgan fingerprint density at radius 2 is 1.92 bits per heavy atom. The van der Waals surface area contributed by atoms with Crippen LogP contribution in [0, 0.1) is 6.92 Å². The molecule has 0 radical (unpaired) electrons. The van der Waals surface area contributed by atoms with E-state index in [4.69, 9.17) is 14.9 Å². The van der Waals surface area contributed by atoms with E-state index in [9.17, 15) is 14.4 Å². The number of aryl methyl sites for hydroxylation is 1. The van der Waals surface area contributed by atoms with Crippen molar-refractivity contribution in [3.8, 4) is 0 Å². The van der Waals surface area contributed by atoms with Crippen molar-refractivity contribution in [3.05, 3.63) is 16.9 Å². The minimum atomic E-state index is -0.852. The van der Waals surface area contributed by atoms with Gasteiger partial charge in [0.2, 0.25) is 11.8 Å². The van der Waals surface area contributed by atoms with Crippen LogP contribution in [0.4, 0.5) is 5.88 Å². The Labute approximate surface area is 151 Å². The van der Waals surface area contributed by atoms with E-state index in [1.54, 1.807) is 18.7 Å². The molecule has 2 amide bonds. The van der Waals surface area contributed by atoms with Crippen LogP contribution >= 0.6 is 11.8 Å². The number of anilines is 1. The molecule has 8 heteroatoms. The summed E-state index contributed by atoms with van der Waals surface area (Å²) in [5, 5.41) is 3.04. The summed E-state index contributed by atoms with van der Waals surface area (Å²) in [5.74, 6) is -1.49. The molecule has 138 valence electrons. The van der Waals surface area contributed by atoms with Gasteiger partial charge in [-0.2, -0.15) is 0 Å². The minimum Gasteiger partial charge on any atom is -0.462 e. The Morgan fingerprint density at radius 1 is 1.24 bits per heavy atom. The second kappa shape index (κ2) is 8.94. The lowest BCUT2D eigenvalue weighted by Crippen LogP contribution is -2.22. The molecule has 3 N–H and O–H groups in total. The zero-order valence-corrected chi connectivity index (χ0v) is 15.4. The molecule has 0 bridgehead atoms. The molecule has 0 atom stereocenters. The number of rotatable bonds is 7. The second-order valence-electron chi connectivity index (χ2n) is 5.94. The summed E-state index contributed by atoms with van der Waals surface area (Å²) in [6, 6.07) is 0. The maximum absolute atomic E-state index is 12.2. The van der Waals surface area contributed by atoms with Gasteiger partial charge in [0.05, 0.1) is 12.4 Å². The highest BCUT2D eigenvalue weighted by Gasteiger charge is 2.29. The van der Waals surface area contributed by atoms with Gasteiger partial charge in [-0.1, -0.05) is 19.3 Å². The third-order valence-corrected chi connectivity index (χ3v) is 5.44. The number of nitrogens with two attached hydrogens (primary N) is 1. The zero-order chi connectivity index (χ0) is 18.4. The Bertz CT molecular complexity index is 650. The SMILES string of the molecule is CCOC(=O)c1c(C)oc(NC(=O)CSC2CCCCC2)c1C(N)=O. The smallest absolute Gasteiger partial charge is 0.342 e. The molecule has 0 saturated heterocycles. The molecule has 1 aliphatic carbocycles. The van der Waals surface area contributed by atoms with E-state index in [2.05, 4.69) is 5.32 Å². The van der Waals surface area contributed by atoms with Crippen molar-refractivity contribution < 1.29 is 23.5 Å². The van der Waals surface area contributed by atoms with E-state index in [-0.39, 0.29) is 41.0 Å². The maximum Gasteiger partial charge on any atom is 0.342 e. The molecular formula is C17H24N2O5S. The molecule has 1 saturated carbocycles. The maximum atomic E-state index is 12.2. The number of hydrogen-bond acceptors (Lipinski definition) is 6. The van der Waals surface area contributed by atoms with Gasteiger partial charge in [0, 0.05) is 5.25 Å². The van der Waals surface area contributed by atoms with E-state index in [0.717, 1.165) is 12.8 Å². The summed E-state index contributed by atoms with van der Waals surface area (Å²) < 4.78 is 10.3. The van der Waals surface area contributed by atoms with Crippen molar-refractivity contribution in [3.63, 3.8) is 0 Å². The number of carbonyl (C=O) groups is 3.